The summed E-state index contributed by atoms with van der Waals surface area (Å²) in [7, 11) is 1.64. The fourth-order valence-electron chi connectivity index (χ4n) is 1.80. The standard InChI is InChI=1S/C14H15NO2/c1-17-13-5-4-10-8-12(14(16)6-7-15)3-2-11(10)9-13/h2-5,8-9H,6-7,15H2,1H3. The number of methoxy groups -OCH3 is 1. The van der Waals surface area contributed by atoms with Crippen molar-refractivity contribution in [3.63, 3.8) is 0 Å². The minimum Gasteiger partial charge on any atom is -0.497 e. The van der Waals surface area contributed by atoms with Gasteiger partial charge < -0.3 is 10.5 Å². The van der Waals surface area contributed by atoms with Crippen molar-refractivity contribution in [3.05, 3.63) is 42.0 Å². The normalized spacial score (nSPS) is 10.5. The van der Waals surface area contributed by atoms with Gasteiger partial charge in [-0.25, -0.2) is 0 Å². The van der Waals surface area contributed by atoms with E-state index in [9.17, 15) is 4.79 Å². The second-order valence-corrected chi connectivity index (χ2v) is 3.89. The molecule has 0 aliphatic heterocycles. The smallest absolute Gasteiger partial charge is 0.164 e. The number of carbonyl (C=O) groups is 1. The zero-order chi connectivity index (χ0) is 12.3. The number of carbonyl (C=O) groups excluding carboxylic acids is 1. The Kier molecular flexibility index (Phi) is 3.40. The Hall–Kier alpha value is -1.87. The van der Waals surface area contributed by atoms with Crippen LogP contribution in [0.5, 0.6) is 5.75 Å². The summed E-state index contributed by atoms with van der Waals surface area (Å²) < 4.78 is 5.16. The van der Waals surface area contributed by atoms with Crippen molar-refractivity contribution in [2.45, 2.75) is 6.42 Å². The predicted molar refractivity (Wildman–Crippen MR) is 68.5 cm³/mol. The van der Waals surface area contributed by atoms with Crippen LogP contribution in [0.2, 0.25) is 0 Å². The van der Waals surface area contributed by atoms with Gasteiger partial charge >= 0.3 is 0 Å². The van der Waals surface area contributed by atoms with Gasteiger partial charge in [0.2, 0.25) is 0 Å². The number of benzene rings is 2. The number of hydrogen-bond donors (Lipinski definition) is 1. The van der Waals surface area contributed by atoms with Crippen LogP contribution in [-0.4, -0.2) is 19.4 Å². The molecule has 2 aromatic carbocycles. The van der Waals surface area contributed by atoms with E-state index >= 15 is 0 Å². The SMILES string of the molecule is COc1ccc2cc(C(=O)CCN)ccc2c1. The van der Waals surface area contributed by atoms with Crippen molar-refractivity contribution in [3.8, 4) is 5.75 Å². The minimum absolute atomic E-state index is 0.0882. The summed E-state index contributed by atoms with van der Waals surface area (Å²) in [4.78, 5) is 11.7. The second-order valence-electron chi connectivity index (χ2n) is 3.89. The Morgan fingerprint density at radius 3 is 2.59 bits per heavy atom. The van der Waals surface area contributed by atoms with Gasteiger partial charge in [-0.15, -0.1) is 0 Å². The van der Waals surface area contributed by atoms with Crippen molar-refractivity contribution in [1.82, 2.24) is 0 Å². The molecule has 2 aromatic rings. The van der Waals surface area contributed by atoms with Crippen molar-refractivity contribution in [2.75, 3.05) is 13.7 Å². The number of nitrogens with two attached hydrogens (primary N) is 1. The molecule has 0 amide bonds. The molecule has 2 N–H and O–H groups in total. The van der Waals surface area contributed by atoms with Crippen molar-refractivity contribution in [2.24, 2.45) is 5.73 Å². The molecule has 0 bridgehead atoms. The summed E-state index contributed by atoms with van der Waals surface area (Å²) in [6.45, 7) is 0.388. The van der Waals surface area contributed by atoms with Crippen LogP contribution < -0.4 is 10.5 Å². The first-order chi connectivity index (χ1) is 8.24. The molecule has 0 atom stereocenters. The number of Topliss-reactive ketones (excluding diaryl/α,β-unsaturated/α-hetero) is 1. The van der Waals surface area contributed by atoms with E-state index < -0.39 is 0 Å². The molecule has 0 radical (unpaired) electrons. The monoisotopic (exact) mass is 229 g/mol. The number of ketones is 1. The van der Waals surface area contributed by atoms with Gasteiger partial charge in [0.15, 0.2) is 5.78 Å². The van der Waals surface area contributed by atoms with Gasteiger partial charge in [0.1, 0.15) is 5.75 Å². The second kappa shape index (κ2) is 4.97. The largest absolute Gasteiger partial charge is 0.497 e. The molecule has 0 fully saturated rings. The third-order valence-electron chi connectivity index (χ3n) is 2.74. The lowest BCUT2D eigenvalue weighted by molar-refractivity contribution is 0.0985. The fraction of sp³-hybridized carbons (Fsp3) is 0.214. The van der Waals surface area contributed by atoms with Crippen molar-refractivity contribution < 1.29 is 9.53 Å². The molecule has 3 heteroatoms. The molecule has 0 unspecified atom stereocenters. The van der Waals surface area contributed by atoms with Gasteiger partial charge in [0, 0.05) is 12.0 Å². The zero-order valence-electron chi connectivity index (χ0n) is 9.77. The highest BCUT2D eigenvalue weighted by atomic mass is 16.5. The molecule has 2 rings (SSSR count). The van der Waals surface area contributed by atoms with E-state index in [0.29, 0.717) is 18.5 Å². The summed E-state index contributed by atoms with van der Waals surface area (Å²) in [5.41, 5.74) is 6.10. The summed E-state index contributed by atoms with van der Waals surface area (Å²) in [6, 6.07) is 11.5. The number of ether oxygens (including phenoxy) is 1. The van der Waals surface area contributed by atoms with Gasteiger partial charge in [-0.2, -0.15) is 0 Å². The lowest BCUT2D eigenvalue weighted by Crippen LogP contribution is -2.07. The summed E-state index contributed by atoms with van der Waals surface area (Å²) in [5, 5.41) is 2.10. The Bertz CT molecular complexity index is 549. The molecule has 0 saturated carbocycles. The van der Waals surface area contributed by atoms with E-state index in [0.717, 1.165) is 16.5 Å². The molecule has 88 valence electrons. The van der Waals surface area contributed by atoms with Gasteiger partial charge in [0.05, 0.1) is 7.11 Å². The van der Waals surface area contributed by atoms with Crippen LogP contribution in [-0.2, 0) is 0 Å². The zero-order valence-corrected chi connectivity index (χ0v) is 9.77. The average molecular weight is 229 g/mol. The highest BCUT2D eigenvalue weighted by Gasteiger charge is 2.05. The Balaban J connectivity index is 2.41. The lowest BCUT2D eigenvalue weighted by atomic mass is 10.0. The van der Waals surface area contributed by atoms with Gasteiger partial charge in [-0.1, -0.05) is 18.2 Å². The van der Waals surface area contributed by atoms with E-state index in [-0.39, 0.29) is 5.78 Å². The highest BCUT2D eigenvalue weighted by molar-refractivity contribution is 6.00. The third-order valence-corrected chi connectivity index (χ3v) is 2.74. The van der Waals surface area contributed by atoms with Crippen LogP contribution in [0.15, 0.2) is 36.4 Å². The van der Waals surface area contributed by atoms with E-state index in [1.807, 2.05) is 36.4 Å². The molecule has 0 aliphatic rings. The maximum Gasteiger partial charge on any atom is 0.164 e. The van der Waals surface area contributed by atoms with E-state index in [4.69, 9.17) is 10.5 Å². The maximum absolute atomic E-state index is 11.7. The Morgan fingerprint density at radius 1 is 1.18 bits per heavy atom. The topological polar surface area (TPSA) is 52.3 Å². The average Bonchev–Trinajstić information content (AvgIpc) is 2.37. The van der Waals surface area contributed by atoms with Crippen LogP contribution in [0.3, 0.4) is 0 Å². The maximum atomic E-state index is 11.7. The number of hydrogen-bond acceptors (Lipinski definition) is 3. The van der Waals surface area contributed by atoms with Crippen LogP contribution >= 0.6 is 0 Å². The van der Waals surface area contributed by atoms with Gasteiger partial charge in [-0.3, -0.25) is 4.79 Å². The third kappa shape index (κ3) is 2.45. The molecule has 0 aliphatic carbocycles. The molecule has 17 heavy (non-hydrogen) atoms. The predicted octanol–water partition coefficient (Wildman–Crippen LogP) is 2.38. The fourth-order valence-corrected chi connectivity index (χ4v) is 1.80. The molecular weight excluding hydrogens is 214 g/mol. The first-order valence-corrected chi connectivity index (χ1v) is 5.55. The van der Waals surface area contributed by atoms with Crippen molar-refractivity contribution in [1.29, 1.82) is 0 Å². The number of rotatable bonds is 4. The first-order valence-electron chi connectivity index (χ1n) is 5.55. The van der Waals surface area contributed by atoms with E-state index in [1.165, 1.54) is 0 Å². The molecular formula is C14H15NO2. The van der Waals surface area contributed by atoms with Crippen LogP contribution in [0.4, 0.5) is 0 Å². The van der Waals surface area contributed by atoms with E-state index in [1.54, 1.807) is 7.11 Å². The Labute approximate surface area is 100 Å². The van der Waals surface area contributed by atoms with Crippen molar-refractivity contribution >= 4 is 16.6 Å². The van der Waals surface area contributed by atoms with Crippen LogP contribution in [0, 0.1) is 0 Å². The molecule has 0 saturated heterocycles. The molecule has 0 spiro atoms. The molecule has 0 aromatic heterocycles. The minimum atomic E-state index is 0.0882. The van der Waals surface area contributed by atoms with Gasteiger partial charge in [0.25, 0.3) is 0 Å². The summed E-state index contributed by atoms with van der Waals surface area (Å²) in [5.74, 6) is 0.906. The molecule has 0 heterocycles. The molecule has 3 nitrogen and oxygen atoms in total. The van der Waals surface area contributed by atoms with Crippen LogP contribution in [0.1, 0.15) is 16.8 Å². The Morgan fingerprint density at radius 2 is 1.88 bits per heavy atom. The number of fused-ring (bicyclic) bond motifs is 1. The lowest BCUT2D eigenvalue weighted by Gasteiger charge is -2.04. The van der Waals surface area contributed by atoms with E-state index in [2.05, 4.69) is 0 Å². The summed E-state index contributed by atoms with van der Waals surface area (Å²) in [6.07, 6.45) is 0.391. The summed E-state index contributed by atoms with van der Waals surface area (Å²) >= 11 is 0. The first kappa shape index (κ1) is 11.6. The quantitative estimate of drug-likeness (QED) is 0.819. The highest BCUT2D eigenvalue weighted by Crippen LogP contribution is 2.22. The van der Waals surface area contributed by atoms with Crippen LogP contribution in [0.25, 0.3) is 10.8 Å². The van der Waals surface area contributed by atoms with Gasteiger partial charge in [-0.05, 0) is 35.5 Å².